The van der Waals surface area contributed by atoms with E-state index in [4.69, 9.17) is 5.73 Å². The lowest BCUT2D eigenvalue weighted by atomic mass is 10.1. The average molecular weight is 475 g/mol. The maximum Gasteiger partial charge on any atom is 0.213 e. The lowest BCUT2D eigenvalue weighted by Crippen LogP contribution is -2.31. The number of nitrogens with two attached hydrogens (primary N) is 1. The number of nitrogens with one attached hydrogen (secondary N) is 1. The van der Waals surface area contributed by atoms with E-state index in [1.807, 2.05) is 17.6 Å². The van der Waals surface area contributed by atoms with Crippen molar-refractivity contribution in [2.75, 3.05) is 12.3 Å². The van der Waals surface area contributed by atoms with Crippen molar-refractivity contribution >= 4 is 44.6 Å². The molecule has 3 N–H and O–H groups in total. The second-order valence-corrected chi connectivity index (χ2v) is 11.4. The Morgan fingerprint density at radius 3 is 2.78 bits per heavy atom. The molecule has 0 fully saturated rings. The lowest BCUT2D eigenvalue weighted by Gasteiger charge is -2.12. The van der Waals surface area contributed by atoms with Gasteiger partial charge in [0.25, 0.3) is 0 Å². The van der Waals surface area contributed by atoms with Crippen LogP contribution in [0.25, 0.3) is 11.2 Å². The van der Waals surface area contributed by atoms with Crippen LogP contribution < -0.4 is 10.5 Å². The van der Waals surface area contributed by atoms with Crippen LogP contribution in [0.4, 0.5) is 5.82 Å². The summed E-state index contributed by atoms with van der Waals surface area (Å²) in [5, 5.41) is 0.188. The number of hydrogen-bond acceptors (Lipinski definition) is 8. The van der Waals surface area contributed by atoms with Crippen LogP contribution >= 0.6 is 11.8 Å². The molecule has 0 saturated heterocycles. The summed E-state index contributed by atoms with van der Waals surface area (Å²) in [5.41, 5.74) is 10.1. The van der Waals surface area contributed by atoms with Gasteiger partial charge in [-0.05, 0) is 50.8 Å². The van der Waals surface area contributed by atoms with E-state index in [9.17, 15) is 13.2 Å². The summed E-state index contributed by atoms with van der Waals surface area (Å²) in [5.74, 6) is 0.458. The minimum atomic E-state index is -3.32. The number of carbonyl (C=O) groups is 1. The number of aryl methyl sites for hydroxylation is 3. The molecule has 2 aromatic heterocycles. The van der Waals surface area contributed by atoms with Gasteiger partial charge in [-0.1, -0.05) is 17.8 Å². The third kappa shape index (κ3) is 4.37. The monoisotopic (exact) mass is 474 g/mol. The second-order valence-electron chi connectivity index (χ2n) is 8.12. The molecule has 0 amide bonds. The van der Waals surface area contributed by atoms with Gasteiger partial charge in [-0.2, -0.15) is 0 Å². The highest BCUT2D eigenvalue weighted by Crippen LogP contribution is 2.36. The summed E-state index contributed by atoms with van der Waals surface area (Å²) in [7, 11) is -3.32. The van der Waals surface area contributed by atoms with E-state index in [1.165, 1.54) is 18.1 Å². The molecule has 0 unspecified atom stereocenters. The van der Waals surface area contributed by atoms with Gasteiger partial charge in [0.1, 0.15) is 6.33 Å². The van der Waals surface area contributed by atoms with E-state index in [0.717, 1.165) is 28.0 Å². The Hall–Kier alpha value is -2.50. The maximum atomic E-state index is 12.2. The van der Waals surface area contributed by atoms with Crippen LogP contribution in [0.15, 0.2) is 28.5 Å². The SMILES string of the molecule is Cc1cc2c(cc1Sc1nc3c(N)ncnc3n1CCCNS(=O)(=O)C(C)C)C(=O)CC2. The highest BCUT2D eigenvalue weighted by molar-refractivity contribution is 7.99. The van der Waals surface area contributed by atoms with Gasteiger partial charge in [-0.25, -0.2) is 28.1 Å². The standard InChI is InChI=1S/C21H26N6O3S2/c1-12(2)32(29,30)25-7-4-8-27-20-18(19(22)23-11-24-20)26-21(27)31-17-10-15-14(9-13(17)3)5-6-16(15)28/h9-12,25H,4-8H2,1-3H3,(H2,22,23,24). The molecular formula is C21H26N6O3S2. The molecule has 0 bridgehead atoms. The van der Waals surface area contributed by atoms with Crippen molar-refractivity contribution in [2.24, 2.45) is 0 Å². The van der Waals surface area contributed by atoms with Crippen LogP contribution in [-0.2, 0) is 23.0 Å². The molecule has 170 valence electrons. The van der Waals surface area contributed by atoms with Crippen LogP contribution in [-0.4, -0.2) is 45.5 Å². The molecule has 2 heterocycles. The quantitative estimate of drug-likeness (QED) is 0.476. The fourth-order valence-corrected chi connectivity index (χ4v) is 5.42. The average Bonchev–Trinajstić information content (AvgIpc) is 3.27. The van der Waals surface area contributed by atoms with Crippen LogP contribution in [0.1, 0.15) is 48.2 Å². The van der Waals surface area contributed by atoms with Gasteiger partial charge >= 0.3 is 0 Å². The minimum absolute atomic E-state index is 0.169. The van der Waals surface area contributed by atoms with Gasteiger partial charge in [0.15, 0.2) is 27.9 Å². The summed E-state index contributed by atoms with van der Waals surface area (Å²) >= 11 is 1.45. The van der Waals surface area contributed by atoms with E-state index in [0.29, 0.717) is 42.3 Å². The number of nitrogens with zero attached hydrogens (tertiary/aromatic N) is 4. The fraction of sp³-hybridized carbons (Fsp3) is 0.429. The van der Waals surface area contributed by atoms with E-state index < -0.39 is 15.3 Å². The van der Waals surface area contributed by atoms with Crippen molar-refractivity contribution in [3.05, 3.63) is 35.2 Å². The van der Waals surface area contributed by atoms with Crippen molar-refractivity contribution in [1.82, 2.24) is 24.2 Å². The highest BCUT2D eigenvalue weighted by Gasteiger charge is 2.23. The smallest absolute Gasteiger partial charge is 0.213 e. The molecule has 0 aliphatic heterocycles. The zero-order valence-electron chi connectivity index (χ0n) is 18.3. The van der Waals surface area contributed by atoms with E-state index in [2.05, 4.69) is 25.7 Å². The molecule has 9 nitrogen and oxygen atoms in total. The maximum absolute atomic E-state index is 12.2. The Balaban J connectivity index is 1.63. The van der Waals surface area contributed by atoms with Crippen molar-refractivity contribution in [2.45, 2.75) is 61.9 Å². The normalized spacial score (nSPS) is 13.9. The summed E-state index contributed by atoms with van der Waals surface area (Å²) in [4.78, 5) is 26.2. The molecule has 4 rings (SSSR count). The highest BCUT2D eigenvalue weighted by atomic mass is 32.2. The van der Waals surface area contributed by atoms with E-state index in [1.54, 1.807) is 13.8 Å². The Morgan fingerprint density at radius 1 is 1.25 bits per heavy atom. The molecule has 0 saturated carbocycles. The Bertz CT molecular complexity index is 1300. The predicted octanol–water partition coefficient (Wildman–Crippen LogP) is 2.71. The Kier molecular flexibility index (Phi) is 6.24. The molecule has 3 aromatic rings. The predicted molar refractivity (Wildman–Crippen MR) is 124 cm³/mol. The number of imidazole rings is 1. The van der Waals surface area contributed by atoms with Crippen molar-refractivity contribution in [3.63, 3.8) is 0 Å². The minimum Gasteiger partial charge on any atom is -0.382 e. The topological polar surface area (TPSA) is 133 Å². The van der Waals surface area contributed by atoms with E-state index >= 15 is 0 Å². The molecule has 0 atom stereocenters. The van der Waals surface area contributed by atoms with Crippen molar-refractivity contribution in [1.29, 1.82) is 0 Å². The molecule has 0 radical (unpaired) electrons. The number of nitrogen functional groups attached to an aromatic ring is 1. The number of Topliss-reactive ketones (excluding diaryl/α,β-unsaturated/α-hetero) is 1. The van der Waals surface area contributed by atoms with Gasteiger partial charge in [0, 0.05) is 30.0 Å². The first-order valence-electron chi connectivity index (χ1n) is 10.5. The Labute approximate surface area is 191 Å². The van der Waals surface area contributed by atoms with Gasteiger partial charge in [-0.3, -0.25) is 4.79 Å². The number of fused-ring (bicyclic) bond motifs is 2. The third-order valence-corrected chi connectivity index (χ3v) is 8.53. The van der Waals surface area contributed by atoms with Crippen LogP contribution in [0.5, 0.6) is 0 Å². The number of carbonyl (C=O) groups excluding carboxylic acids is 1. The Morgan fingerprint density at radius 2 is 2.03 bits per heavy atom. The van der Waals surface area contributed by atoms with Gasteiger partial charge in [-0.15, -0.1) is 0 Å². The number of aromatic nitrogens is 4. The zero-order valence-corrected chi connectivity index (χ0v) is 19.9. The molecule has 11 heteroatoms. The number of sulfonamides is 1. The molecular weight excluding hydrogens is 448 g/mol. The fourth-order valence-electron chi connectivity index (χ4n) is 3.64. The number of anilines is 1. The summed E-state index contributed by atoms with van der Waals surface area (Å²) < 4.78 is 28.6. The van der Waals surface area contributed by atoms with Crippen molar-refractivity contribution in [3.8, 4) is 0 Å². The second kappa shape index (κ2) is 8.80. The zero-order chi connectivity index (χ0) is 23.0. The van der Waals surface area contributed by atoms with Crippen LogP contribution in [0.2, 0.25) is 0 Å². The number of ketones is 1. The summed E-state index contributed by atoms with van der Waals surface area (Å²) in [6.07, 6.45) is 3.29. The first kappa shape index (κ1) is 22.7. The van der Waals surface area contributed by atoms with Gasteiger partial charge < -0.3 is 10.3 Å². The summed E-state index contributed by atoms with van der Waals surface area (Å²) in [6, 6.07) is 4.02. The van der Waals surface area contributed by atoms with Gasteiger partial charge in [0.2, 0.25) is 10.0 Å². The summed E-state index contributed by atoms with van der Waals surface area (Å²) in [6.45, 7) is 6.11. The molecule has 1 aromatic carbocycles. The number of hydrogen-bond donors (Lipinski definition) is 2. The number of benzene rings is 1. The molecule has 1 aliphatic carbocycles. The molecule has 1 aliphatic rings. The first-order valence-corrected chi connectivity index (χ1v) is 12.8. The number of rotatable bonds is 8. The molecule has 0 spiro atoms. The van der Waals surface area contributed by atoms with Crippen LogP contribution in [0, 0.1) is 6.92 Å². The lowest BCUT2D eigenvalue weighted by molar-refractivity contribution is 0.0994. The largest absolute Gasteiger partial charge is 0.382 e. The van der Waals surface area contributed by atoms with Crippen LogP contribution in [0.3, 0.4) is 0 Å². The van der Waals surface area contributed by atoms with Gasteiger partial charge in [0.05, 0.1) is 5.25 Å². The first-order chi connectivity index (χ1) is 15.2. The third-order valence-electron chi connectivity index (χ3n) is 5.53. The van der Waals surface area contributed by atoms with Crippen molar-refractivity contribution < 1.29 is 13.2 Å². The van der Waals surface area contributed by atoms with E-state index in [-0.39, 0.29) is 11.6 Å². The molecule has 32 heavy (non-hydrogen) atoms.